The van der Waals surface area contributed by atoms with Crippen molar-refractivity contribution in [3.8, 4) is 0 Å². The molecule has 13 nitrogen and oxygen atoms in total. The molecule has 3 fully saturated rings. The van der Waals surface area contributed by atoms with Crippen molar-refractivity contribution in [2.45, 2.75) is 57.4 Å². The van der Waals surface area contributed by atoms with Crippen molar-refractivity contribution < 1.29 is 54.2 Å². The molecule has 6 amide bonds. The number of rotatable bonds is 10. The van der Waals surface area contributed by atoms with Crippen molar-refractivity contribution in [1.29, 1.82) is 0 Å². The van der Waals surface area contributed by atoms with E-state index in [1.807, 2.05) is 34.1 Å². The number of nitrogens with one attached hydrogen (secondary N) is 6. The predicted molar refractivity (Wildman–Crippen MR) is 295 cm³/mol. The van der Waals surface area contributed by atoms with Crippen molar-refractivity contribution in [2.24, 2.45) is 0 Å². The topological polar surface area (TPSA) is 142 Å². The Hall–Kier alpha value is -7.33. The standard InChI is InChI=1S/C19H18ClF4N3O.C19H19F4N3O.C18H20ClN3O2/c20-15-6-4-12(10-14(15)19(22,23)24)25-18(28)26-13-5-7-17(16(21)11-13)27-8-2-1-3-9-27;20-16-12-15(8-9-17(16)26-10-2-1-3-11-26)25-18(27)24-14-6-4-13(5-7-14)19(21,22)23;19-15-3-7-17(8-4-15)21-18(23)20-16-5-1-14(2-6-16)13-22-9-11-24-12-10-22/h4-7,10-11H,1-3,8-9H2,(H2,25,26,28);4-9,12H,1-3,10-11H2,(H2,24,25,27);1-8H,9-13H2,(H2,20,21,23). The Kier molecular flexibility index (Phi) is 21.0. The molecule has 6 aromatic carbocycles. The van der Waals surface area contributed by atoms with Crippen LogP contribution in [0.2, 0.25) is 10.0 Å². The van der Waals surface area contributed by atoms with Crippen molar-refractivity contribution in [3.05, 3.63) is 166 Å². The summed E-state index contributed by atoms with van der Waals surface area (Å²) in [4.78, 5) is 42.3. The fraction of sp³-hybridized carbons (Fsp3) is 0.304. The fourth-order valence-electron chi connectivity index (χ4n) is 8.64. The van der Waals surface area contributed by atoms with Gasteiger partial charge in [-0.2, -0.15) is 26.3 Å². The van der Waals surface area contributed by atoms with E-state index < -0.39 is 52.2 Å². The number of anilines is 8. The molecular weight excluding hydrogens is 1090 g/mol. The molecular formula is C56H57Cl2F8N9O4. The molecule has 0 aliphatic carbocycles. The number of benzene rings is 6. The summed E-state index contributed by atoms with van der Waals surface area (Å²) in [7, 11) is 0. The van der Waals surface area contributed by atoms with Crippen LogP contribution in [0.3, 0.4) is 0 Å². The Balaban J connectivity index is 0.000000172. The van der Waals surface area contributed by atoms with Gasteiger partial charge in [0.25, 0.3) is 0 Å². The highest BCUT2D eigenvalue weighted by Gasteiger charge is 2.34. The lowest BCUT2D eigenvalue weighted by molar-refractivity contribution is -0.138. The molecule has 3 saturated heterocycles. The first-order valence-electron chi connectivity index (χ1n) is 25.3. The summed E-state index contributed by atoms with van der Waals surface area (Å²) in [6.45, 7) is 7.59. The Morgan fingerprint density at radius 1 is 0.456 bits per heavy atom. The Bertz CT molecular complexity index is 2970. The van der Waals surface area contributed by atoms with Crippen LogP contribution in [0, 0.1) is 11.6 Å². The maximum absolute atomic E-state index is 14.4. The highest BCUT2D eigenvalue weighted by Crippen LogP contribution is 2.37. The maximum Gasteiger partial charge on any atom is 0.417 e. The van der Waals surface area contributed by atoms with Crippen LogP contribution in [-0.4, -0.2) is 75.5 Å². The Morgan fingerprint density at radius 2 is 0.835 bits per heavy atom. The molecule has 23 heteroatoms. The van der Waals surface area contributed by atoms with Gasteiger partial charge in [0.15, 0.2) is 0 Å². The van der Waals surface area contributed by atoms with E-state index in [1.165, 1.54) is 23.8 Å². The summed E-state index contributed by atoms with van der Waals surface area (Å²) in [5.41, 5.74) is 2.37. The van der Waals surface area contributed by atoms with E-state index in [4.69, 9.17) is 27.9 Å². The van der Waals surface area contributed by atoms with Crippen LogP contribution in [0.5, 0.6) is 0 Å². The van der Waals surface area contributed by atoms with Gasteiger partial charge in [-0.3, -0.25) is 4.90 Å². The number of amides is 6. The number of nitrogens with zero attached hydrogens (tertiary/aromatic N) is 3. The van der Waals surface area contributed by atoms with Crippen LogP contribution in [0.15, 0.2) is 127 Å². The first-order chi connectivity index (χ1) is 37.7. The number of ether oxygens (including phenoxy) is 1. The Labute approximate surface area is 461 Å². The monoisotopic (exact) mass is 1140 g/mol. The van der Waals surface area contributed by atoms with Gasteiger partial charge in [0, 0.05) is 85.0 Å². The number of alkyl halides is 6. The van der Waals surface area contributed by atoms with Crippen molar-refractivity contribution in [2.75, 3.05) is 94.2 Å². The summed E-state index contributed by atoms with van der Waals surface area (Å²) in [5, 5.41) is 15.3. The highest BCUT2D eigenvalue weighted by molar-refractivity contribution is 6.31. The number of hydrogen-bond donors (Lipinski definition) is 6. The number of morpholine rings is 1. The molecule has 420 valence electrons. The third-order valence-corrected chi connectivity index (χ3v) is 13.2. The van der Waals surface area contributed by atoms with Crippen LogP contribution in [0.1, 0.15) is 55.2 Å². The van der Waals surface area contributed by atoms with E-state index in [2.05, 4.69) is 36.8 Å². The molecule has 6 aromatic rings. The molecule has 0 saturated carbocycles. The molecule has 3 aliphatic heterocycles. The van der Waals surface area contributed by atoms with Crippen LogP contribution in [0.25, 0.3) is 0 Å². The second-order valence-electron chi connectivity index (χ2n) is 18.5. The summed E-state index contributed by atoms with van der Waals surface area (Å²) in [6, 6.07) is 29.0. The van der Waals surface area contributed by atoms with Crippen LogP contribution >= 0.6 is 23.2 Å². The van der Waals surface area contributed by atoms with Crippen LogP contribution in [0.4, 0.5) is 95.0 Å². The van der Waals surface area contributed by atoms with Gasteiger partial charge in [0.1, 0.15) is 11.6 Å². The van der Waals surface area contributed by atoms with Crippen molar-refractivity contribution in [3.63, 3.8) is 0 Å². The lowest BCUT2D eigenvalue weighted by Gasteiger charge is -2.29. The van der Waals surface area contributed by atoms with Gasteiger partial charge >= 0.3 is 30.4 Å². The van der Waals surface area contributed by atoms with E-state index >= 15 is 0 Å². The lowest BCUT2D eigenvalue weighted by atomic mass is 10.1. The Morgan fingerprint density at radius 3 is 1.25 bits per heavy atom. The fourth-order valence-corrected chi connectivity index (χ4v) is 8.99. The molecule has 3 aliphatic rings. The van der Waals surface area contributed by atoms with E-state index in [0.29, 0.717) is 22.1 Å². The number of carbonyl (C=O) groups excluding carboxylic acids is 3. The molecule has 0 spiro atoms. The number of hydrogen-bond acceptors (Lipinski definition) is 7. The minimum Gasteiger partial charge on any atom is -0.379 e. The third-order valence-electron chi connectivity index (χ3n) is 12.6. The predicted octanol–water partition coefficient (Wildman–Crippen LogP) is 15.4. The summed E-state index contributed by atoms with van der Waals surface area (Å²) in [5.74, 6) is -0.894. The van der Waals surface area contributed by atoms with Gasteiger partial charge in [-0.05, 0) is 159 Å². The third kappa shape index (κ3) is 18.7. The molecule has 0 bridgehead atoms. The van der Waals surface area contributed by atoms with Crippen molar-refractivity contribution in [1.82, 2.24) is 4.90 Å². The second kappa shape index (κ2) is 28.0. The highest BCUT2D eigenvalue weighted by atomic mass is 35.5. The summed E-state index contributed by atoms with van der Waals surface area (Å²) < 4.78 is 110. The molecule has 3 heterocycles. The normalized spacial score (nSPS) is 14.8. The minimum atomic E-state index is -4.64. The smallest absolute Gasteiger partial charge is 0.379 e. The minimum absolute atomic E-state index is 0.0837. The number of piperidine rings is 2. The average Bonchev–Trinajstić information content (AvgIpc) is 3.43. The van der Waals surface area contributed by atoms with E-state index in [9.17, 15) is 49.5 Å². The van der Waals surface area contributed by atoms with Crippen LogP contribution in [-0.2, 0) is 23.6 Å². The summed E-state index contributed by atoms with van der Waals surface area (Å²) >= 11 is 11.4. The first kappa shape index (κ1) is 59.3. The zero-order chi connectivity index (χ0) is 56.5. The van der Waals surface area contributed by atoms with Gasteiger partial charge < -0.3 is 46.4 Å². The average molecular weight is 1140 g/mol. The maximum atomic E-state index is 14.4. The van der Waals surface area contributed by atoms with E-state index in [-0.39, 0.29) is 28.8 Å². The second-order valence-corrected chi connectivity index (χ2v) is 19.4. The molecule has 0 atom stereocenters. The van der Waals surface area contributed by atoms with Crippen LogP contribution < -0.4 is 41.7 Å². The van der Waals surface area contributed by atoms with Gasteiger partial charge in [0.2, 0.25) is 0 Å². The molecule has 0 radical (unpaired) electrons. The zero-order valence-electron chi connectivity index (χ0n) is 42.5. The number of urea groups is 3. The van der Waals surface area contributed by atoms with Gasteiger partial charge in [-0.1, -0.05) is 35.3 Å². The molecule has 6 N–H and O–H groups in total. The van der Waals surface area contributed by atoms with Crippen molar-refractivity contribution >= 4 is 86.8 Å². The van der Waals surface area contributed by atoms with Gasteiger partial charge in [0.05, 0.1) is 40.7 Å². The number of halogens is 10. The molecule has 79 heavy (non-hydrogen) atoms. The molecule has 9 rings (SSSR count). The van der Waals surface area contributed by atoms with Gasteiger partial charge in [-0.25, -0.2) is 23.2 Å². The quantitative estimate of drug-likeness (QED) is 0.0750. The number of carbonyl (C=O) groups is 3. The SMILES string of the molecule is O=C(Nc1ccc(C(F)(F)F)cc1)Nc1ccc(N2CCCCC2)c(F)c1.O=C(Nc1ccc(Cl)cc1)Nc1ccc(CN2CCOCC2)cc1.O=C(Nc1ccc(N2CCCCC2)c(F)c1)Nc1ccc(Cl)c(C(F)(F)F)c1. The summed E-state index contributed by atoms with van der Waals surface area (Å²) in [6.07, 6.45) is -2.76. The molecule has 0 unspecified atom stereocenters. The zero-order valence-corrected chi connectivity index (χ0v) is 44.0. The largest absolute Gasteiger partial charge is 0.417 e. The van der Waals surface area contributed by atoms with E-state index in [0.717, 1.165) is 140 Å². The van der Waals surface area contributed by atoms with Gasteiger partial charge in [-0.15, -0.1) is 0 Å². The molecule has 0 aromatic heterocycles. The lowest BCUT2D eigenvalue weighted by Crippen LogP contribution is -2.35. The van der Waals surface area contributed by atoms with E-state index in [1.54, 1.807) is 48.5 Å². The first-order valence-corrected chi connectivity index (χ1v) is 26.0.